The molecule has 0 spiro atoms. The molecule has 0 N–H and O–H groups in total. The zero-order valence-electron chi connectivity index (χ0n) is 21.5. The van der Waals surface area contributed by atoms with E-state index in [2.05, 4.69) is 4.90 Å². The van der Waals surface area contributed by atoms with Crippen LogP contribution in [0.2, 0.25) is 0 Å². The third-order valence-corrected chi connectivity index (χ3v) is 8.56. The summed E-state index contributed by atoms with van der Waals surface area (Å²) in [5.74, 6) is -0.454. The molecule has 1 amide bonds. The summed E-state index contributed by atoms with van der Waals surface area (Å²) in [6.45, 7) is 1.65. The van der Waals surface area contributed by atoms with E-state index < -0.39 is 12.1 Å². The Balaban J connectivity index is 1.21. The van der Waals surface area contributed by atoms with E-state index in [1.165, 1.54) is 5.06 Å². The molecule has 0 aliphatic carbocycles. The van der Waals surface area contributed by atoms with E-state index in [0.717, 1.165) is 35.2 Å². The fraction of sp³-hybridized carbons (Fsp3) is 0.250. The van der Waals surface area contributed by atoms with Crippen LogP contribution in [0.25, 0.3) is 0 Å². The van der Waals surface area contributed by atoms with Crippen molar-refractivity contribution in [3.63, 3.8) is 0 Å². The molecule has 0 aromatic heterocycles. The van der Waals surface area contributed by atoms with Gasteiger partial charge in [0, 0.05) is 12.1 Å². The predicted molar refractivity (Wildman–Crippen MR) is 151 cm³/mol. The highest BCUT2D eigenvalue weighted by Crippen LogP contribution is 2.41. The van der Waals surface area contributed by atoms with Gasteiger partial charge in [0.1, 0.15) is 12.6 Å². The molecule has 3 aliphatic heterocycles. The van der Waals surface area contributed by atoms with Crippen molar-refractivity contribution in [2.45, 2.75) is 37.0 Å². The first-order valence-corrected chi connectivity index (χ1v) is 14.2. The summed E-state index contributed by atoms with van der Waals surface area (Å²) in [4.78, 5) is 35.0. The van der Waals surface area contributed by atoms with E-state index in [0.29, 0.717) is 25.1 Å². The van der Waals surface area contributed by atoms with Crippen LogP contribution in [0, 0.1) is 0 Å². The lowest BCUT2D eigenvalue weighted by atomic mass is 9.98. The van der Waals surface area contributed by atoms with Crippen LogP contribution >= 0.6 is 11.8 Å². The number of carbonyl (C=O) groups is 2. The number of hydrogen-bond donors (Lipinski definition) is 0. The molecule has 6 nitrogen and oxygen atoms in total. The number of amides is 1. The Kier molecular flexibility index (Phi) is 7.63. The van der Waals surface area contributed by atoms with Crippen molar-refractivity contribution in [3.8, 4) is 0 Å². The highest BCUT2D eigenvalue weighted by Gasteiger charge is 2.44. The van der Waals surface area contributed by atoms with Crippen LogP contribution in [0.4, 0.5) is 0 Å². The maximum Gasteiger partial charge on any atom is 0.329 e. The Hall–Kier alpha value is -3.65. The predicted octanol–water partition coefficient (Wildman–Crippen LogP) is 5.64. The lowest BCUT2D eigenvalue weighted by Crippen LogP contribution is -2.57. The van der Waals surface area contributed by atoms with E-state index in [-0.39, 0.29) is 17.3 Å². The van der Waals surface area contributed by atoms with Crippen molar-refractivity contribution in [2.24, 2.45) is 0 Å². The van der Waals surface area contributed by atoms with Crippen LogP contribution in [0.3, 0.4) is 0 Å². The minimum Gasteiger partial charge on any atom is -0.451 e. The molecule has 3 aromatic carbocycles. The minimum absolute atomic E-state index is 0.152. The van der Waals surface area contributed by atoms with Gasteiger partial charge in [-0.2, -0.15) is 0 Å². The fourth-order valence-corrected chi connectivity index (χ4v) is 6.30. The molecule has 2 saturated heterocycles. The Morgan fingerprint density at radius 2 is 1.56 bits per heavy atom. The van der Waals surface area contributed by atoms with Crippen LogP contribution in [-0.2, 0) is 25.8 Å². The van der Waals surface area contributed by atoms with Gasteiger partial charge in [-0.1, -0.05) is 91.0 Å². The molecule has 3 aliphatic rings. The molecule has 2 atom stereocenters. The van der Waals surface area contributed by atoms with Crippen molar-refractivity contribution < 1.29 is 19.2 Å². The molecule has 3 heterocycles. The average Bonchev–Trinajstić information content (AvgIpc) is 3.31. The number of hydrogen-bond acceptors (Lipinski definition) is 6. The fourth-order valence-electron chi connectivity index (χ4n) is 5.16. The Labute approximate surface area is 232 Å². The zero-order valence-corrected chi connectivity index (χ0v) is 22.3. The summed E-state index contributed by atoms with van der Waals surface area (Å²) in [6, 6.07) is 28.9. The highest BCUT2D eigenvalue weighted by molar-refractivity contribution is 8.02. The number of ether oxygens (including phenoxy) is 1. The normalized spacial score (nSPS) is 22.0. The SMILES string of the molecule is O=C(OC(c1ccccc1)c1ccccc1)C1C(C=C2CCN(OCc3ccccc3)C2=O)=CSC2CCN21. The number of rotatable bonds is 8. The first-order chi connectivity index (χ1) is 19.2. The highest BCUT2D eigenvalue weighted by atomic mass is 32.2. The molecule has 0 bridgehead atoms. The number of esters is 1. The lowest BCUT2D eigenvalue weighted by molar-refractivity contribution is -0.180. The summed E-state index contributed by atoms with van der Waals surface area (Å²) in [5.41, 5.74) is 4.29. The molecule has 39 heavy (non-hydrogen) atoms. The average molecular weight is 539 g/mol. The molecule has 0 saturated carbocycles. The van der Waals surface area contributed by atoms with Gasteiger partial charge in [-0.3, -0.25) is 14.5 Å². The molecule has 6 rings (SSSR count). The maximum atomic E-state index is 13.9. The van der Waals surface area contributed by atoms with Crippen molar-refractivity contribution >= 4 is 23.6 Å². The van der Waals surface area contributed by atoms with Gasteiger partial charge in [-0.05, 0) is 46.6 Å². The van der Waals surface area contributed by atoms with Gasteiger partial charge in [0.2, 0.25) is 0 Å². The van der Waals surface area contributed by atoms with E-state index in [9.17, 15) is 9.59 Å². The third kappa shape index (κ3) is 5.57. The molecule has 3 aromatic rings. The van der Waals surface area contributed by atoms with Gasteiger partial charge in [0.25, 0.3) is 5.91 Å². The summed E-state index contributed by atoms with van der Waals surface area (Å²) in [6.07, 6.45) is 2.95. The van der Waals surface area contributed by atoms with Crippen molar-refractivity contribution in [2.75, 3.05) is 13.1 Å². The molecule has 0 radical (unpaired) electrons. The van der Waals surface area contributed by atoms with Crippen molar-refractivity contribution in [1.82, 2.24) is 9.96 Å². The third-order valence-electron chi connectivity index (χ3n) is 7.33. The van der Waals surface area contributed by atoms with Gasteiger partial charge < -0.3 is 4.74 Å². The summed E-state index contributed by atoms with van der Waals surface area (Å²) < 4.78 is 6.26. The van der Waals surface area contributed by atoms with E-state index in [1.54, 1.807) is 11.8 Å². The van der Waals surface area contributed by atoms with Crippen LogP contribution in [0.5, 0.6) is 0 Å². The second kappa shape index (κ2) is 11.6. The number of thioether (sulfide) groups is 1. The van der Waals surface area contributed by atoms with Gasteiger partial charge in [0.15, 0.2) is 6.10 Å². The molecule has 2 unspecified atom stereocenters. The molecule has 2 fully saturated rings. The van der Waals surface area contributed by atoms with Gasteiger partial charge in [-0.25, -0.2) is 9.86 Å². The Bertz CT molecular complexity index is 1340. The monoisotopic (exact) mass is 538 g/mol. The Morgan fingerprint density at radius 1 is 0.923 bits per heavy atom. The molecular weight excluding hydrogens is 508 g/mol. The topological polar surface area (TPSA) is 59.1 Å². The zero-order chi connectivity index (χ0) is 26.6. The molecular formula is C32H30N2O4S. The van der Waals surface area contributed by atoms with Crippen LogP contribution in [0.1, 0.15) is 35.6 Å². The molecule has 7 heteroatoms. The minimum atomic E-state index is -0.556. The van der Waals surface area contributed by atoms with Crippen molar-refractivity contribution in [1.29, 1.82) is 0 Å². The lowest BCUT2D eigenvalue weighted by Gasteiger charge is -2.47. The number of benzene rings is 3. The summed E-state index contributed by atoms with van der Waals surface area (Å²) >= 11 is 1.70. The first-order valence-electron chi connectivity index (χ1n) is 13.3. The number of fused-ring (bicyclic) bond motifs is 1. The largest absolute Gasteiger partial charge is 0.451 e. The Morgan fingerprint density at radius 3 is 2.18 bits per heavy atom. The smallest absolute Gasteiger partial charge is 0.329 e. The van der Waals surface area contributed by atoms with Crippen molar-refractivity contribution in [3.05, 3.63) is 130 Å². The molecule has 198 valence electrons. The van der Waals surface area contributed by atoms with E-state index >= 15 is 0 Å². The van der Waals surface area contributed by atoms with Crippen LogP contribution in [-0.4, -0.2) is 46.3 Å². The second-order valence-electron chi connectivity index (χ2n) is 9.86. The van der Waals surface area contributed by atoms with Crippen LogP contribution in [0.15, 0.2) is 114 Å². The van der Waals surface area contributed by atoms with Gasteiger partial charge in [0.05, 0.1) is 11.9 Å². The van der Waals surface area contributed by atoms with E-state index in [4.69, 9.17) is 9.57 Å². The quantitative estimate of drug-likeness (QED) is 0.273. The van der Waals surface area contributed by atoms with Gasteiger partial charge >= 0.3 is 5.97 Å². The summed E-state index contributed by atoms with van der Waals surface area (Å²) in [7, 11) is 0. The number of nitrogens with zero attached hydrogens (tertiary/aromatic N) is 2. The van der Waals surface area contributed by atoms with E-state index in [1.807, 2.05) is 102 Å². The second-order valence-corrected chi connectivity index (χ2v) is 10.9. The summed E-state index contributed by atoms with van der Waals surface area (Å²) in [5, 5.41) is 3.71. The first kappa shape index (κ1) is 25.6. The maximum absolute atomic E-state index is 13.9. The van der Waals surface area contributed by atoms with Gasteiger partial charge in [-0.15, -0.1) is 11.8 Å². The number of hydroxylamine groups is 2. The van der Waals surface area contributed by atoms with Crippen LogP contribution < -0.4 is 0 Å². The number of carbonyl (C=O) groups excluding carboxylic acids is 2. The standard InChI is InChI=1S/C32H30N2O4S/c35-31-26(16-19-34(31)37-21-23-10-4-1-5-11-23)20-27-22-39-28-17-18-33(28)29(27)32(36)38-30(24-12-6-2-7-13-24)25-14-8-3-9-15-25/h1-15,20,22,28-30H,16-19,21H2.